The van der Waals surface area contributed by atoms with Gasteiger partial charge >= 0.3 is 0 Å². The molecule has 0 aliphatic heterocycles. The highest BCUT2D eigenvalue weighted by Crippen LogP contribution is 2.31. The van der Waals surface area contributed by atoms with Crippen molar-refractivity contribution in [3.05, 3.63) is 40.1 Å². The lowest BCUT2D eigenvalue weighted by atomic mass is 10.3. The molecular formula is C11H10BrFN2S. The highest BCUT2D eigenvalue weighted by molar-refractivity contribution is 9.10. The Bertz CT molecular complexity index is 486. The van der Waals surface area contributed by atoms with Crippen molar-refractivity contribution >= 4 is 38.1 Å². The quantitative estimate of drug-likeness (QED) is 0.844. The zero-order chi connectivity index (χ0) is 11.5. The first-order chi connectivity index (χ1) is 7.72. The van der Waals surface area contributed by atoms with Gasteiger partial charge in [0.2, 0.25) is 0 Å². The van der Waals surface area contributed by atoms with Crippen LogP contribution in [0.5, 0.6) is 0 Å². The Morgan fingerprint density at radius 2 is 2.19 bits per heavy atom. The molecule has 1 heterocycles. The number of rotatable bonds is 3. The van der Waals surface area contributed by atoms with E-state index in [1.165, 1.54) is 17.4 Å². The van der Waals surface area contributed by atoms with E-state index in [1.807, 2.05) is 23.3 Å². The maximum absolute atomic E-state index is 13.6. The fourth-order valence-electron chi connectivity index (χ4n) is 1.45. The summed E-state index contributed by atoms with van der Waals surface area (Å²) < 4.78 is 14.4. The number of hydrogen-bond acceptors (Lipinski definition) is 3. The normalized spacial score (nSPS) is 10.4. The standard InChI is InChI=1S/C11H10BrFN2S/c1-2-15(11-14-10(12)7-16-11)9-6-4-3-5-8(9)13/h3-7H,2H2,1H3. The number of nitrogens with zero attached hydrogens (tertiary/aromatic N) is 2. The minimum atomic E-state index is -0.226. The average molecular weight is 301 g/mol. The van der Waals surface area contributed by atoms with Gasteiger partial charge in [-0.15, -0.1) is 11.3 Å². The van der Waals surface area contributed by atoms with Crippen molar-refractivity contribution in [2.24, 2.45) is 0 Å². The van der Waals surface area contributed by atoms with Crippen LogP contribution in [0.25, 0.3) is 0 Å². The number of benzene rings is 1. The Hall–Kier alpha value is -0.940. The van der Waals surface area contributed by atoms with Crippen molar-refractivity contribution in [1.82, 2.24) is 4.98 Å². The summed E-state index contributed by atoms with van der Waals surface area (Å²) in [4.78, 5) is 6.15. The van der Waals surface area contributed by atoms with Gasteiger partial charge in [0, 0.05) is 11.9 Å². The van der Waals surface area contributed by atoms with Crippen LogP contribution in [0, 0.1) is 5.82 Å². The molecule has 2 aromatic rings. The van der Waals surface area contributed by atoms with Crippen LogP contribution in [-0.2, 0) is 0 Å². The Kier molecular flexibility index (Phi) is 3.56. The number of para-hydroxylation sites is 1. The molecule has 0 spiro atoms. The van der Waals surface area contributed by atoms with Gasteiger partial charge in [-0.3, -0.25) is 0 Å². The van der Waals surface area contributed by atoms with Crippen molar-refractivity contribution in [1.29, 1.82) is 0 Å². The molecule has 0 aliphatic rings. The van der Waals surface area contributed by atoms with E-state index in [4.69, 9.17) is 0 Å². The summed E-state index contributed by atoms with van der Waals surface area (Å²) in [5, 5.41) is 2.68. The van der Waals surface area contributed by atoms with Gasteiger partial charge in [0.05, 0.1) is 5.69 Å². The fourth-order valence-corrected chi connectivity index (χ4v) is 2.78. The number of thiazole rings is 1. The van der Waals surface area contributed by atoms with E-state index in [1.54, 1.807) is 12.1 Å². The monoisotopic (exact) mass is 300 g/mol. The largest absolute Gasteiger partial charge is 0.315 e. The molecule has 0 bridgehead atoms. The highest BCUT2D eigenvalue weighted by atomic mass is 79.9. The SMILES string of the molecule is CCN(c1nc(Br)cs1)c1ccccc1F. The average Bonchev–Trinajstić information content (AvgIpc) is 2.69. The molecule has 84 valence electrons. The van der Waals surface area contributed by atoms with Gasteiger partial charge in [-0.05, 0) is 35.0 Å². The maximum atomic E-state index is 13.6. The minimum absolute atomic E-state index is 0.226. The van der Waals surface area contributed by atoms with E-state index >= 15 is 0 Å². The summed E-state index contributed by atoms with van der Waals surface area (Å²) in [5.41, 5.74) is 0.562. The molecular weight excluding hydrogens is 291 g/mol. The van der Waals surface area contributed by atoms with E-state index in [9.17, 15) is 4.39 Å². The third kappa shape index (κ3) is 2.25. The van der Waals surface area contributed by atoms with Crippen LogP contribution in [0.4, 0.5) is 15.2 Å². The van der Waals surface area contributed by atoms with Crippen LogP contribution < -0.4 is 4.90 Å². The number of halogens is 2. The van der Waals surface area contributed by atoms with Gasteiger partial charge < -0.3 is 4.90 Å². The van der Waals surface area contributed by atoms with E-state index in [2.05, 4.69) is 20.9 Å². The molecule has 0 amide bonds. The molecule has 0 fully saturated rings. The predicted molar refractivity (Wildman–Crippen MR) is 68.9 cm³/mol. The van der Waals surface area contributed by atoms with E-state index < -0.39 is 0 Å². The van der Waals surface area contributed by atoms with Gasteiger partial charge in [0.25, 0.3) is 0 Å². The van der Waals surface area contributed by atoms with Crippen LogP contribution >= 0.6 is 27.3 Å². The lowest BCUT2D eigenvalue weighted by Crippen LogP contribution is -2.16. The van der Waals surface area contributed by atoms with Crippen molar-refractivity contribution < 1.29 is 4.39 Å². The van der Waals surface area contributed by atoms with E-state index in [-0.39, 0.29) is 5.82 Å². The molecule has 16 heavy (non-hydrogen) atoms. The van der Waals surface area contributed by atoms with Gasteiger partial charge in [0.1, 0.15) is 10.4 Å². The molecule has 0 radical (unpaired) electrons. The lowest BCUT2D eigenvalue weighted by molar-refractivity contribution is 0.625. The Morgan fingerprint density at radius 1 is 1.44 bits per heavy atom. The minimum Gasteiger partial charge on any atom is -0.315 e. The zero-order valence-corrected chi connectivity index (χ0v) is 11.1. The summed E-state index contributed by atoms with van der Waals surface area (Å²) in [6, 6.07) is 6.73. The smallest absolute Gasteiger partial charge is 0.190 e. The fraction of sp³-hybridized carbons (Fsp3) is 0.182. The first-order valence-electron chi connectivity index (χ1n) is 4.85. The first kappa shape index (κ1) is 11.5. The van der Waals surface area contributed by atoms with Crippen LogP contribution in [0.3, 0.4) is 0 Å². The van der Waals surface area contributed by atoms with Crippen LogP contribution in [0.2, 0.25) is 0 Å². The van der Waals surface area contributed by atoms with E-state index in [0.29, 0.717) is 12.2 Å². The van der Waals surface area contributed by atoms with Gasteiger partial charge in [-0.2, -0.15) is 0 Å². The highest BCUT2D eigenvalue weighted by Gasteiger charge is 2.14. The van der Waals surface area contributed by atoms with Crippen LogP contribution in [0.1, 0.15) is 6.92 Å². The predicted octanol–water partition coefficient (Wildman–Crippen LogP) is 4.20. The Balaban J connectivity index is 2.40. The molecule has 1 aromatic heterocycles. The molecule has 1 aromatic carbocycles. The molecule has 0 atom stereocenters. The third-order valence-electron chi connectivity index (χ3n) is 2.15. The molecule has 5 heteroatoms. The Labute approximate surface area is 106 Å². The second-order valence-electron chi connectivity index (χ2n) is 3.15. The molecule has 0 N–H and O–H groups in total. The van der Waals surface area contributed by atoms with Gasteiger partial charge in [-0.1, -0.05) is 12.1 Å². The number of anilines is 2. The van der Waals surface area contributed by atoms with Crippen molar-refractivity contribution in [3.8, 4) is 0 Å². The summed E-state index contributed by atoms with van der Waals surface area (Å²) in [7, 11) is 0. The molecule has 2 rings (SSSR count). The number of aromatic nitrogens is 1. The maximum Gasteiger partial charge on any atom is 0.190 e. The molecule has 0 saturated heterocycles. The molecule has 2 nitrogen and oxygen atoms in total. The first-order valence-corrected chi connectivity index (χ1v) is 6.52. The second kappa shape index (κ2) is 4.93. The van der Waals surface area contributed by atoms with Gasteiger partial charge in [0.15, 0.2) is 5.13 Å². The summed E-state index contributed by atoms with van der Waals surface area (Å²) >= 11 is 4.79. The van der Waals surface area contributed by atoms with Crippen molar-refractivity contribution in [3.63, 3.8) is 0 Å². The van der Waals surface area contributed by atoms with Crippen molar-refractivity contribution in [2.75, 3.05) is 11.4 Å². The summed E-state index contributed by atoms with van der Waals surface area (Å²) in [6.07, 6.45) is 0. The lowest BCUT2D eigenvalue weighted by Gasteiger charge is -2.20. The van der Waals surface area contributed by atoms with Gasteiger partial charge in [-0.25, -0.2) is 9.37 Å². The third-order valence-corrected chi connectivity index (χ3v) is 3.73. The second-order valence-corrected chi connectivity index (χ2v) is 4.80. The summed E-state index contributed by atoms with van der Waals surface area (Å²) in [6.45, 7) is 2.66. The summed E-state index contributed by atoms with van der Waals surface area (Å²) in [5.74, 6) is -0.226. The van der Waals surface area contributed by atoms with Crippen molar-refractivity contribution in [2.45, 2.75) is 6.92 Å². The molecule has 0 saturated carbocycles. The Morgan fingerprint density at radius 3 is 2.75 bits per heavy atom. The van der Waals surface area contributed by atoms with Crippen LogP contribution in [0.15, 0.2) is 34.2 Å². The topological polar surface area (TPSA) is 16.1 Å². The number of hydrogen-bond donors (Lipinski definition) is 0. The zero-order valence-electron chi connectivity index (χ0n) is 8.65. The van der Waals surface area contributed by atoms with E-state index in [0.717, 1.165) is 9.73 Å². The van der Waals surface area contributed by atoms with Crippen LogP contribution in [-0.4, -0.2) is 11.5 Å². The molecule has 0 unspecified atom stereocenters. The molecule has 0 aliphatic carbocycles.